The summed E-state index contributed by atoms with van der Waals surface area (Å²) in [5.74, 6) is 1.49. The second-order valence-corrected chi connectivity index (χ2v) is 10.5. The van der Waals surface area contributed by atoms with Crippen molar-refractivity contribution in [2.45, 2.75) is 64.1 Å². The fraction of sp³-hybridized carbons (Fsp3) is 0.414. The van der Waals surface area contributed by atoms with Gasteiger partial charge in [0.2, 0.25) is 0 Å². The lowest BCUT2D eigenvalue weighted by Crippen LogP contribution is -2.42. The fourth-order valence-corrected chi connectivity index (χ4v) is 6.13. The van der Waals surface area contributed by atoms with Crippen LogP contribution in [0.15, 0.2) is 47.0 Å². The predicted molar refractivity (Wildman–Crippen MR) is 146 cm³/mol. The molecule has 9 heteroatoms. The number of hydrogen-bond donors (Lipinski definition) is 0. The normalized spacial score (nSPS) is 23.7. The first-order chi connectivity index (χ1) is 19.6. The molecule has 2 aromatic heterocycles. The van der Waals surface area contributed by atoms with Crippen LogP contribution < -0.4 is 4.90 Å². The molecular weight excluding hydrogens is 504 g/mol. The first-order valence-corrected chi connectivity index (χ1v) is 13.3. The number of imidazole rings is 1. The largest absolute Gasteiger partial charge is 0.449 e. The van der Waals surface area contributed by atoms with E-state index in [0.29, 0.717) is 30.0 Å². The van der Waals surface area contributed by atoms with Crippen LogP contribution in [0.2, 0.25) is 5.02 Å². The Kier molecular flexibility index (Phi) is 5.72. The van der Waals surface area contributed by atoms with Crippen LogP contribution >= 0.6 is 11.6 Å². The summed E-state index contributed by atoms with van der Waals surface area (Å²) in [6, 6.07) is 13.0. The van der Waals surface area contributed by atoms with Crippen LogP contribution in [-0.4, -0.2) is 40.5 Å². The Labute approximate surface area is 230 Å². The van der Waals surface area contributed by atoms with Crippen LogP contribution in [0.25, 0.3) is 22.2 Å². The third-order valence-corrected chi connectivity index (χ3v) is 7.96. The van der Waals surface area contributed by atoms with Crippen LogP contribution in [0.4, 0.5) is 10.5 Å². The van der Waals surface area contributed by atoms with Gasteiger partial charge in [0.15, 0.2) is 0 Å². The third kappa shape index (κ3) is 4.35. The minimum atomic E-state index is -2.42. The zero-order valence-electron chi connectivity index (χ0n) is 24.3. The van der Waals surface area contributed by atoms with Crippen molar-refractivity contribution in [2.24, 2.45) is 0 Å². The average Bonchev–Trinajstić information content (AvgIpc) is 3.46. The zero-order valence-corrected chi connectivity index (χ0v) is 22.1. The number of carbonyl (C=O) groups is 1. The number of carbonyl (C=O) groups excluding carboxylic acids is 1. The molecule has 6 rings (SSSR count). The molecule has 0 bridgehead atoms. The second-order valence-electron chi connectivity index (χ2n) is 10.1. The van der Waals surface area contributed by atoms with Gasteiger partial charge in [-0.3, -0.25) is 4.90 Å². The molecular formula is C29H31ClN4O4. The number of fused-ring (bicyclic) bond motifs is 1. The highest BCUT2D eigenvalue weighted by Crippen LogP contribution is 2.41. The lowest BCUT2D eigenvalue weighted by Gasteiger charge is -2.37. The predicted octanol–water partition coefficient (Wildman–Crippen LogP) is 7.18. The molecule has 4 aromatic rings. The number of rotatable bonds is 5. The standard InChI is InChI=1S/C29H31ClN4O4/c1-17-27(18(2)38-32-17)19-7-12-25-24(15-19)31-28(33(25)21-8-10-23(36-3)11-9-21)26-13-14-37-29(35)34(26)22-6-4-5-20(30)16-22/h4-7,12,15-16,21,23,26H,8-11,13-14H2,1-3H3/t21?,23?,26-/m0/s1/i3D3. The maximum Gasteiger partial charge on any atom is 0.414 e. The molecule has 1 amide bonds. The Morgan fingerprint density at radius 3 is 2.68 bits per heavy atom. The minimum absolute atomic E-state index is 0.0514. The number of ether oxygens (including phenoxy) is 2. The van der Waals surface area contributed by atoms with E-state index in [1.165, 1.54) is 0 Å². The molecule has 0 N–H and O–H groups in total. The summed E-state index contributed by atoms with van der Waals surface area (Å²) in [7, 11) is -2.42. The topological polar surface area (TPSA) is 82.6 Å². The van der Waals surface area contributed by atoms with Gasteiger partial charge in [0.1, 0.15) is 17.6 Å². The summed E-state index contributed by atoms with van der Waals surface area (Å²) in [4.78, 5) is 20.0. The number of hydrogen-bond acceptors (Lipinski definition) is 6. The Morgan fingerprint density at radius 1 is 1.11 bits per heavy atom. The molecule has 0 unspecified atom stereocenters. The van der Waals surface area contributed by atoms with Crippen LogP contribution in [0.3, 0.4) is 0 Å². The van der Waals surface area contributed by atoms with Crippen LogP contribution in [-0.2, 0) is 9.47 Å². The SMILES string of the molecule is [2H]C([2H])([2H])OC1CCC(n2c([C@@H]3CCOC(=O)N3c3cccc(Cl)c3)nc3cc(-c4c(C)noc4C)ccc32)CC1. The maximum atomic E-state index is 13.2. The molecule has 2 fully saturated rings. The highest BCUT2D eigenvalue weighted by atomic mass is 35.5. The van der Waals surface area contributed by atoms with Gasteiger partial charge in [-0.25, -0.2) is 9.78 Å². The van der Waals surface area contributed by atoms with Gasteiger partial charge in [0.05, 0.1) is 33.6 Å². The number of halogens is 1. The summed E-state index contributed by atoms with van der Waals surface area (Å²) in [6.45, 7) is 4.07. The van der Waals surface area contributed by atoms with Crippen molar-refractivity contribution in [2.75, 3.05) is 18.5 Å². The number of aryl methyl sites for hydroxylation is 2. The molecule has 1 atom stereocenters. The van der Waals surface area contributed by atoms with Gasteiger partial charge in [-0.1, -0.05) is 28.9 Å². The summed E-state index contributed by atoms with van der Waals surface area (Å²) >= 11 is 6.31. The molecule has 0 radical (unpaired) electrons. The molecule has 8 nitrogen and oxygen atoms in total. The summed E-state index contributed by atoms with van der Waals surface area (Å²) in [6.07, 6.45) is 2.45. The molecule has 0 spiro atoms. The van der Waals surface area contributed by atoms with Crippen molar-refractivity contribution in [3.8, 4) is 11.1 Å². The molecule has 1 aliphatic carbocycles. The summed E-state index contributed by atoms with van der Waals surface area (Å²) in [5, 5.41) is 4.63. The maximum absolute atomic E-state index is 13.2. The molecule has 38 heavy (non-hydrogen) atoms. The number of anilines is 1. The van der Waals surface area contributed by atoms with E-state index in [0.717, 1.165) is 52.3 Å². The average molecular weight is 538 g/mol. The minimum Gasteiger partial charge on any atom is -0.449 e. The van der Waals surface area contributed by atoms with Crippen LogP contribution in [0.1, 0.15) is 65.6 Å². The molecule has 3 heterocycles. The Balaban J connectivity index is 1.45. The molecule has 1 aliphatic heterocycles. The van der Waals surface area contributed by atoms with Crippen molar-refractivity contribution >= 4 is 34.4 Å². The first-order valence-electron chi connectivity index (χ1n) is 14.4. The van der Waals surface area contributed by atoms with Gasteiger partial charge in [-0.2, -0.15) is 0 Å². The first kappa shape index (κ1) is 21.6. The zero-order chi connectivity index (χ0) is 28.9. The third-order valence-electron chi connectivity index (χ3n) is 7.72. The Bertz CT molecular complexity index is 1570. The van der Waals surface area contributed by atoms with E-state index in [1.54, 1.807) is 17.0 Å². The van der Waals surface area contributed by atoms with E-state index in [9.17, 15) is 4.79 Å². The number of aromatic nitrogens is 3. The lowest BCUT2D eigenvalue weighted by atomic mass is 9.92. The fourth-order valence-electron chi connectivity index (χ4n) is 5.95. The summed E-state index contributed by atoms with van der Waals surface area (Å²) < 4.78 is 41.0. The molecule has 2 aromatic carbocycles. The Hall–Kier alpha value is -3.36. The highest BCUT2D eigenvalue weighted by molar-refractivity contribution is 6.30. The van der Waals surface area contributed by atoms with Crippen molar-refractivity contribution in [3.63, 3.8) is 0 Å². The van der Waals surface area contributed by atoms with Gasteiger partial charge >= 0.3 is 6.09 Å². The van der Waals surface area contributed by atoms with E-state index < -0.39 is 13.1 Å². The van der Waals surface area contributed by atoms with Crippen LogP contribution in [0, 0.1) is 13.8 Å². The van der Waals surface area contributed by atoms with Crippen molar-refractivity contribution in [1.29, 1.82) is 0 Å². The van der Waals surface area contributed by atoms with Gasteiger partial charge in [-0.05, 0) is 75.4 Å². The van der Waals surface area contributed by atoms with Crippen molar-refractivity contribution < 1.29 is 22.9 Å². The molecule has 198 valence electrons. The van der Waals surface area contributed by atoms with E-state index >= 15 is 0 Å². The lowest BCUT2D eigenvalue weighted by molar-refractivity contribution is 0.0582. The van der Waals surface area contributed by atoms with Gasteiger partial charge < -0.3 is 18.6 Å². The second kappa shape index (κ2) is 10.1. The van der Waals surface area contributed by atoms with Crippen molar-refractivity contribution in [1.82, 2.24) is 14.7 Å². The Morgan fingerprint density at radius 2 is 1.95 bits per heavy atom. The number of methoxy groups -OCH3 is 1. The van der Waals surface area contributed by atoms with Gasteiger partial charge in [0.25, 0.3) is 0 Å². The van der Waals surface area contributed by atoms with E-state index in [4.69, 9.17) is 34.7 Å². The molecule has 1 saturated heterocycles. The summed E-state index contributed by atoms with van der Waals surface area (Å²) in [5.41, 5.74) is 5.07. The van der Waals surface area contributed by atoms with Gasteiger partial charge in [0, 0.05) is 35.8 Å². The quantitative estimate of drug-likeness (QED) is 0.268. The van der Waals surface area contributed by atoms with Crippen molar-refractivity contribution in [3.05, 3.63) is 64.8 Å². The number of amides is 1. The molecule has 2 aliphatic rings. The number of cyclic esters (lactones) is 1. The molecule has 1 saturated carbocycles. The van der Waals surface area contributed by atoms with E-state index in [-0.39, 0.29) is 24.8 Å². The van der Waals surface area contributed by atoms with Gasteiger partial charge in [-0.15, -0.1) is 0 Å². The number of benzene rings is 2. The highest BCUT2D eigenvalue weighted by Gasteiger charge is 2.37. The smallest absolute Gasteiger partial charge is 0.414 e. The monoisotopic (exact) mass is 537 g/mol. The van der Waals surface area contributed by atoms with E-state index in [1.807, 2.05) is 38.1 Å². The van der Waals surface area contributed by atoms with Crippen LogP contribution in [0.5, 0.6) is 0 Å². The number of nitrogens with zero attached hydrogens (tertiary/aromatic N) is 4. The van der Waals surface area contributed by atoms with E-state index in [2.05, 4.69) is 15.8 Å².